The zero-order valence-corrected chi connectivity index (χ0v) is 68.1. The van der Waals surface area contributed by atoms with Crippen LogP contribution in [0.25, 0.3) is 0 Å². The van der Waals surface area contributed by atoms with Gasteiger partial charge in [-0.05, 0) is 95.3 Å². The molecule has 0 aliphatic rings. The van der Waals surface area contributed by atoms with E-state index < -0.39 is 290 Å². The third-order valence-electron chi connectivity index (χ3n) is 17.3. The maximum atomic E-state index is 14.2. The van der Waals surface area contributed by atoms with Crippen LogP contribution in [0.4, 0.5) is 0 Å². The molecule has 17 atom stereocenters. The molecular weight excluding hydrogens is 1550 g/mol. The molecule has 0 saturated carbocycles. The number of guanidine groups is 1. The van der Waals surface area contributed by atoms with Crippen molar-refractivity contribution in [2.75, 3.05) is 13.2 Å². The highest BCUT2D eigenvalue weighted by Crippen LogP contribution is 2.15. The van der Waals surface area contributed by atoms with Crippen LogP contribution in [-0.2, 0) is 95.9 Å². The highest BCUT2D eigenvalue weighted by Gasteiger charge is 2.41. The lowest BCUT2D eigenvalue weighted by Gasteiger charge is -2.30. The quantitative estimate of drug-likeness (QED) is 0.0153. The molecule has 0 rings (SSSR count). The van der Waals surface area contributed by atoms with Gasteiger partial charge in [-0.2, -0.15) is 0 Å². The highest BCUT2D eigenvalue weighted by molar-refractivity contribution is 6.02. The Morgan fingerprint density at radius 2 is 0.598 bits per heavy atom. The summed E-state index contributed by atoms with van der Waals surface area (Å²) in [5.41, 5.74) is 38.2. The van der Waals surface area contributed by atoms with E-state index in [1.54, 1.807) is 27.7 Å². The number of carbonyl (C=O) groups is 20. The first-order chi connectivity index (χ1) is 54.1. The Hall–Kier alpha value is -11.5. The zero-order chi connectivity index (χ0) is 90.3. The Morgan fingerprint density at radius 3 is 0.983 bits per heavy atom. The number of carbonyl (C=O) groups excluding carboxylic acids is 19. The van der Waals surface area contributed by atoms with E-state index in [-0.39, 0.29) is 50.0 Å². The van der Waals surface area contributed by atoms with E-state index in [9.17, 15) is 116 Å². The van der Waals surface area contributed by atoms with E-state index >= 15 is 0 Å². The zero-order valence-electron chi connectivity index (χ0n) is 68.1. The number of carboxylic acids is 1. The minimum absolute atomic E-state index is 0.0115. The van der Waals surface area contributed by atoms with Crippen LogP contribution in [0.15, 0.2) is 0 Å². The molecule has 47 nitrogen and oxygen atoms in total. The summed E-state index contributed by atoms with van der Waals surface area (Å²) in [5, 5.41) is 83.7. The molecule has 0 aromatic rings. The van der Waals surface area contributed by atoms with Gasteiger partial charge in [0.1, 0.15) is 84.6 Å². The van der Waals surface area contributed by atoms with Crippen LogP contribution in [0, 0.1) is 35.0 Å². The predicted molar refractivity (Wildman–Crippen MR) is 414 cm³/mol. The molecule has 0 spiro atoms. The van der Waals surface area contributed by atoms with Crippen molar-refractivity contribution in [2.45, 2.75) is 270 Å². The summed E-state index contributed by atoms with van der Waals surface area (Å²) < 4.78 is 0. The molecule has 0 fully saturated rings. The van der Waals surface area contributed by atoms with Gasteiger partial charge in [0.2, 0.25) is 112 Å². The second kappa shape index (κ2) is 52.2. The average molecular weight is 1670 g/mol. The van der Waals surface area contributed by atoms with Crippen LogP contribution in [0.2, 0.25) is 0 Å². The normalized spacial score (nSPS) is 15.6. The Morgan fingerprint density at radius 1 is 0.316 bits per heavy atom. The molecule has 117 heavy (non-hydrogen) atoms. The minimum Gasteiger partial charge on any atom is -0.480 e. The highest BCUT2D eigenvalue weighted by atomic mass is 16.4. The monoisotopic (exact) mass is 1670 g/mol. The second-order valence-electron chi connectivity index (χ2n) is 30.2. The molecule has 0 bridgehead atoms. The molecule has 0 aliphatic heterocycles. The Bertz CT molecular complexity index is 3500. The predicted octanol–water partition coefficient (Wildman–Crippen LogP) is -11.2. The van der Waals surface area contributed by atoms with Crippen molar-refractivity contribution in [1.29, 1.82) is 5.41 Å². The van der Waals surface area contributed by atoms with Crippen molar-refractivity contribution in [1.82, 2.24) is 79.8 Å². The van der Waals surface area contributed by atoms with Crippen molar-refractivity contribution in [2.24, 2.45) is 69.7 Å². The van der Waals surface area contributed by atoms with Gasteiger partial charge in [0, 0.05) is 19.4 Å². The SMILES string of the molecule is CC(C)C[C@H](NC(=O)[C@H](CC(C)C)NC(=O)[C@@H](N)CC(C)C)C(=O)N[C@@H](CCC(N)=O)C(=O)N[C@@H](CO)C(=O)N[C@H](C(=O)N[C@@H](CCC(N)=O)C(=O)N[C@@H](CC(N)=O)C(=O)N[C@H](C(=O)N[C@H](C(=O)N[C@H](C(=O)N[C@@H](CC(N)=O)C(=O)N[C@@H](C)C(=O)N[C@@H](CCCNC(=N)N)C(=O)N[C@@H](CC(N)=O)C(=O)O)C(C)C)[C@@H](C)O)C(C)C)[C@@H](C)O. The molecule has 19 amide bonds. The molecule has 34 N–H and O–H groups in total. The number of aliphatic carboxylic acids is 1. The fraction of sp³-hybridized carbons (Fsp3) is 0.700. The number of nitrogens with two attached hydrogens (primary N) is 7. The molecule has 0 saturated heterocycles. The number of aliphatic hydroxyl groups is 3. The van der Waals surface area contributed by atoms with Crippen LogP contribution >= 0.6 is 0 Å². The Balaban J connectivity index is 6.89. The van der Waals surface area contributed by atoms with Gasteiger partial charge in [0.15, 0.2) is 5.96 Å². The first-order valence-corrected chi connectivity index (χ1v) is 37.8. The largest absolute Gasteiger partial charge is 0.480 e. The molecule has 47 heteroatoms. The lowest BCUT2D eigenvalue weighted by molar-refractivity contribution is -0.143. The molecular formula is C70H123N23O24. The van der Waals surface area contributed by atoms with E-state index in [4.69, 9.17) is 45.5 Å². The summed E-state index contributed by atoms with van der Waals surface area (Å²) in [6.45, 7) is 18.1. The van der Waals surface area contributed by atoms with E-state index in [2.05, 4.69) is 79.8 Å². The first kappa shape index (κ1) is 106. The summed E-state index contributed by atoms with van der Waals surface area (Å²) in [7, 11) is 0. The summed E-state index contributed by atoms with van der Waals surface area (Å²) >= 11 is 0. The molecule has 0 heterocycles. The first-order valence-electron chi connectivity index (χ1n) is 37.8. The average Bonchev–Trinajstić information content (AvgIpc) is 0.850. The number of rotatable bonds is 56. The molecule has 0 aliphatic carbocycles. The molecule has 0 unspecified atom stereocenters. The topological polar surface area (TPSA) is 809 Å². The molecule has 662 valence electrons. The van der Waals surface area contributed by atoms with Crippen LogP contribution in [0.3, 0.4) is 0 Å². The van der Waals surface area contributed by atoms with Gasteiger partial charge in [0.05, 0.1) is 44.1 Å². The third-order valence-corrected chi connectivity index (χ3v) is 17.3. The smallest absolute Gasteiger partial charge is 0.326 e. The van der Waals surface area contributed by atoms with Crippen molar-refractivity contribution in [3.05, 3.63) is 0 Å². The maximum Gasteiger partial charge on any atom is 0.326 e. The third kappa shape index (κ3) is 41.1. The maximum absolute atomic E-state index is 14.2. The van der Waals surface area contributed by atoms with Gasteiger partial charge in [0.25, 0.3) is 0 Å². The number of carboxylic acid groups (broad SMARTS) is 1. The van der Waals surface area contributed by atoms with Crippen LogP contribution < -0.4 is 120 Å². The fourth-order valence-electron chi connectivity index (χ4n) is 11.1. The lowest BCUT2D eigenvalue weighted by atomic mass is 9.98. The van der Waals surface area contributed by atoms with Gasteiger partial charge in [-0.25, -0.2) is 4.79 Å². The van der Waals surface area contributed by atoms with Crippen LogP contribution in [0.1, 0.15) is 167 Å². The minimum atomic E-state index is -2.11. The standard InChI is InChI=1S/C70H123N23O24/c1-28(2)21-36(71)56(103)84-40(22-29(3)4)62(109)85-41(23-30(5)6)61(108)82-38(16-18-46(72)97)59(106)89-45(27-94)64(111)92-53(34(12)95)67(114)83-39(17-19-47(73)98)58(105)86-43(25-49(75)100)63(110)90-52(32(9)10)66(113)93-54(35(13)96)68(115)91-51(31(7)8)65(112)87-42(24-48(74)99)60(107)80-33(11)55(102)81-37(15-14-20-79-70(77)78)57(104)88-44(69(116)117)26-50(76)101/h28-45,51-54,94-96H,14-27,71H2,1-13H3,(H2,72,97)(H2,73,98)(H2,74,99)(H2,75,100)(H2,76,101)(H,80,107)(H,81,102)(H,82,108)(H,83,114)(H,84,103)(H,85,109)(H,86,105)(H,87,112)(H,88,104)(H,89,106)(H,90,110)(H,91,115)(H,92,111)(H,93,113)(H,116,117)(H4,77,78,79)/t33-,34+,35+,36-,37-,38-,39-,40-,41-,42-,43-,44-,45-,51-,52-,53-,54-/m0/s1. The van der Waals surface area contributed by atoms with Crippen molar-refractivity contribution in [3.8, 4) is 0 Å². The van der Waals surface area contributed by atoms with Gasteiger partial charge >= 0.3 is 5.97 Å². The number of nitrogens with one attached hydrogen (secondary N) is 16. The lowest BCUT2D eigenvalue weighted by Crippen LogP contribution is -2.63. The van der Waals surface area contributed by atoms with Crippen molar-refractivity contribution < 1.29 is 116 Å². The van der Waals surface area contributed by atoms with Crippen LogP contribution in [-0.4, -0.2) is 261 Å². The van der Waals surface area contributed by atoms with Gasteiger partial charge in [-0.1, -0.05) is 69.2 Å². The Kier molecular flexibility index (Phi) is 47.0. The van der Waals surface area contributed by atoms with Crippen LogP contribution in [0.5, 0.6) is 0 Å². The number of amides is 19. The second-order valence-corrected chi connectivity index (χ2v) is 30.2. The molecule has 0 radical (unpaired) electrons. The van der Waals surface area contributed by atoms with Crippen molar-refractivity contribution in [3.63, 3.8) is 0 Å². The summed E-state index contributed by atoms with van der Waals surface area (Å²) in [6.07, 6.45) is -8.81. The molecule has 0 aromatic heterocycles. The Labute approximate surface area is 676 Å². The number of hydrogen-bond acceptors (Lipinski definition) is 25. The summed E-state index contributed by atoms with van der Waals surface area (Å²) in [6, 6.07) is -25.7. The number of primary amides is 5. The number of aliphatic hydroxyl groups excluding tert-OH is 3. The van der Waals surface area contributed by atoms with E-state index in [0.717, 1.165) is 20.8 Å². The van der Waals surface area contributed by atoms with E-state index in [0.29, 0.717) is 6.42 Å². The van der Waals surface area contributed by atoms with E-state index in [1.165, 1.54) is 27.7 Å². The van der Waals surface area contributed by atoms with Gasteiger partial charge < -0.3 is 140 Å². The molecule has 0 aromatic carbocycles. The van der Waals surface area contributed by atoms with Gasteiger partial charge in [-0.3, -0.25) is 96.5 Å². The number of hydrogen-bond donors (Lipinski definition) is 27. The van der Waals surface area contributed by atoms with Crippen molar-refractivity contribution >= 4 is 124 Å². The fourth-order valence-corrected chi connectivity index (χ4v) is 11.1. The van der Waals surface area contributed by atoms with E-state index in [1.807, 2.05) is 13.8 Å². The summed E-state index contributed by atoms with van der Waals surface area (Å²) in [4.78, 5) is 266. The summed E-state index contributed by atoms with van der Waals surface area (Å²) in [5.74, 6) is -26.1. The van der Waals surface area contributed by atoms with Gasteiger partial charge in [-0.15, -0.1) is 0 Å².